The zero-order chi connectivity index (χ0) is 20.3. The summed E-state index contributed by atoms with van der Waals surface area (Å²) < 4.78 is 2.02. The average Bonchev–Trinajstić information content (AvgIpc) is 3.27. The van der Waals surface area contributed by atoms with Gasteiger partial charge in [-0.25, -0.2) is 15.0 Å². The van der Waals surface area contributed by atoms with Crippen LogP contribution >= 0.6 is 0 Å². The van der Waals surface area contributed by atoms with Crippen LogP contribution in [0.25, 0.3) is 16.7 Å². The van der Waals surface area contributed by atoms with Crippen LogP contribution in [0.5, 0.6) is 0 Å². The average molecular weight is 385 g/mol. The van der Waals surface area contributed by atoms with Crippen LogP contribution in [-0.4, -0.2) is 68.4 Å². The number of imidazole rings is 1. The molecule has 28 heavy (non-hydrogen) atoms. The minimum absolute atomic E-state index is 0.397. The van der Waals surface area contributed by atoms with Crippen LogP contribution in [0.3, 0.4) is 0 Å². The third kappa shape index (κ3) is 3.87. The van der Waals surface area contributed by atoms with E-state index in [4.69, 9.17) is 4.98 Å². The number of aromatic nitrogens is 4. The molecule has 0 saturated carbocycles. The van der Waals surface area contributed by atoms with Crippen molar-refractivity contribution in [2.75, 3.05) is 31.5 Å². The fourth-order valence-electron chi connectivity index (χ4n) is 3.90. The van der Waals surface area contributed by atoms with Crippen molar-refractivity contribution in [3.05, 3.63) is 17.8 Å². The first-order valence-electron chi connectivity index (χ1n) is 10.1. The van der Waals surface area contributed by atoms with Crippen LogP contribution in [0.15, 0.2) is 17.1 Å². The summed E-state index contributed by atoms with van der Waals surface area (Å²) in [6.07, 6.45) is 3.93. The Morgan fingerprint density at radius 2 is 2.14 bits per heavy atom. The molecule has 3 rings (SSSR count). The highest BCUT2D eigenvalue weighted by Gasteiger charge is 2.24. The number of anilines is 1. The fraction of sp³-hybridized carbons (Fsp3) is 0.600. The van der Waals surface area contributed by atoms with Crippen LogP contribution in [0.1, 0.15) is 46.4 Å². The molecule has 0 aliphatic carbocycles. The van der Waals surface area contributed by atoms with Gasteiger partial charge in [-0.2, -0.15) is 5.10 Å². The van der Waals surface area contributed by atoms with Crippen molar-refractivity contribution in [1.29, 1.82) is 0 Å². The normalized spacial score (nSPS) is 18.4. The number of allylic oxidation sites excluding steroid dienone is 2. The first-order valence-corrected chi connectivity index (χ1v) is 10.1. The van der Waals surface area contributed by atoms with Gasteiger partial charge < -0.3 is 14.8 Å². The molecule has 0 bridgehead atoms. The van der Waals surface area contributed by atoms with E-state index >= 15 is 0 Å². The molecule has 1 fully saturated rings. The van der Waals surface area contributed by atoms with Gasteiger partial charge in [-0.05, 0) is 40.2 Å². The summed E-state index contributed by atoms with van der Waals surface area (Å²) in [5.74, 6) is 1.69. The van der Waals surface area contributed by atoms with Crippen molar-refractivity contribution < 1.29 is 0 Å². The Morgan fingerprint density at radius 3 is 2.82 bits per heavy atom. The number of hydrogen-bond acceptors (Lipinski definition) is 7. The van der Waals surface area contributed by atoms with Crippen molar-refractivity contribution in [3.8, 4) is 0 Å². The third-order valence-corrected chi connectivity index (χ3v) is 5.54. The van der Waals surface area contributed by atoms with Crippen molar-refractivity contribution >= 4 is 29.3 Å². The standard InChI is InChI=1S/C20H32N8/c1-7-10-27-11-9-16(12-27)24-18-17-20(23-13-22-18)26(6)19(25-17)14(3)15(4)28(8-2)21-5/h13,16H,5,7-12H2,1-4,6H3,(H,22,23,24)/b15-14+/t16-/m0/s1. The van der Waals surface area contributed by atoms with Gasteiger partial charge in [0.05, 0.1) is 0 Å². The molecule has 8 nitrogen and oxygen atoms in total. The molecule has 0 unspecified atom stereocenters. The zero-order valence-electron chi connectivity index (χ0n) is 17.7. The molecular formula is C20H32N8. The number of fused-ring (bicyclic) bond motifs is 1. The molecule has 3 heterocycles. The van der Waals surface area contributed by atoms with Crippen LogP contribution in [0.4, 0.5) is 5.82 Å². The van der Waals surface area contributed by atoms with Gasteiger partial charge in [0.25, 0.3) is 0 Å². The fourth-order valence-corrected chi connectivity index (χ4v) is 3.90. The van der Waals surface area contributed by atoms with Crippen LogP contribution < -0.4 is 5.32 Å². The van der Waals surface area contributed by atoms with Crippen LogP contribution in [-0.2, 0) is 7.05 Å². The van der Waals surface area contributed by atoms with E-state index in [2.05, 4.69) is 52.8 Å². The van der Waals surface area contributed by atoms with Gasteiger partial charge in [-0.3, -0.25) is 5.01 Å². The molecule has 8 heteroatoms. The van der Waals surface area contributed by atoms with E-state index in [1.165, 1.54) is 6.42 Å². The molecule has 0 radical (unpaired) electrons. The summed E-state index contributed by atoms with van der Waals surface area (Å²) in [5, 5.41) is 9.57. The van der Waals surface area contributed by atoms with E-state index in [-0.39, 0.29) is 0 Å². The maximum Gasteiger partial charge on any atom is 0.165 e. The van der Waals surface area contributed by atoms with E-state index < -0.39 is 0 Å². The lowest BCUT2D eigenvalue weighted by molar-refractivity contribution is 0.337. The molecule has 1 aliphatic heterocycles. The molecule has 2 aromatic heterocycles. The Bertz CT molecular complexity index is 868. The van der Waals surface area contributed by atoms with Crippen molar-refractivity contribution in [3.63, 3.8) is 0 Å². The van der Waals surface area contributed by atoms with Crippen molar-refractivity contribution in [1.82, 2.24) is 29.4 Å². The number of aryl methyl sites for hydroxylation is 1. The summed E-state index contributed by atoms with van der Waals surface area (Å²) in [5.41, 5.74) is 3.73. The second-order valence-electron chi connectivity index (χ2n) is 7.39. The SMILES string of the molecule is C=NN(CC)/C(C)=C(\C)c1nc2c(N[C@H]3CCN(CCC)C3)ncnc2n1C. The minimum Gasteiger partial charge on any atom is -0.364 e. The Morgan fingerprint density at radius 1 is 1.36 bits per heavy atom. The molecule has 0 spiro atoms. The van der Waals surface area contributed by atoms with E-state index in [9.17, 15) is 0 Å². The highest BCUT2D eigenvalue weighted by Crippen LogP contribution is 2.27. The van der Waals surface area contributed by atoms with Gasteiger partial charge in [0.1, 0.15) is 12.2 Å². The topological polar surface area (TPSA) is 74.5 Å². The van der Waals surface area contributed by atoms with Gasteiger partial charge in [0, 0.05) is 50.7 Å². The second-order valence-corrected chi connectivity index (χ2v) is 7.39. The van der Waals surface area contributed by atoms with Crippen molar-refractivity contribution in [2.45, 2.75) is 46.6 Å². The second kappa shape index (κ2) is 8.68. The highest BCUT2D eigenvalue weighted by atomic mass is 15.4. The molecule has 1 aliphatic rings. The molecule has 1 N–H and O–H groups in total. The maximum atomic E-state index is 4.90. The molecule has 0 amide bonds. The van der Waals surface area contributed by atoms with Gasteiger partial charge >= 0.3 is 0 Å². The quantitative estimate of drug-likeness (QED) is 0.557. The lowest BCUT2D eigenvalue weighted by atomic mass is 10.2. The van der Waals surface area contributed by atoms with Crippen LogP contribution in [0.2, 0.25) is 0 Å². The number of nitrogens with zero attached hydrogens (tertiary/aromatic N) is 7. The number of hydrogen-bond donors (Lipinski definition) is 1. The van der Waals surface area contributed by atoms with E-state index in [1.807, 2.05) is 23.5 Å². The van der Waals surface area contributed by atoms with Gasteiger partial charge in [0.15, 0.2) is 17.0 Å². The molecular weight excluding hydrogens is 352 g/mol. The van der Waals surface area contributed by atoms with E-state index in [0.717, 1.165) is 66.7 Å². The minimum atomic E-state index is 0.397. The summed E-state index contributed by atoms with van der Waals surface area (Å²) >= 11 is 0. The largest absolute Gasteiger partial charge is 0.364 e. The Kier molecular flexibility index (Phi) is 6.28. The maximum absolute atomic E-state index is 4.90. The summed E-state index contributed by atoms with van der Waals surface area (Å²) in [6.45, 7) is 16.1. The number of hydrazone groups is 1. The molecule has 1 atom stereocenters. The van der Waals surface area contributed by atoms with Gasteiger partial charge in [0.2, 0.25) is 0 Å². The predicted octanol–water partition coefficient (Wildman–Crippen LogP) is 2.95. The zero-order valence-corrected chi connectivity index (χ0v) is 17.7. The first kappa shape index (κ1) is 20.3. The Labute approximate surface area is 167 Å². The van der Waals surface area contributed by atoms with Crippen molar-refractivity contribution in [2.24, 2.45) is 12.1 Å². The molecule has 152 valence electrons. The lowest BCUT2D eigenvalue weighted by Gasteiger charge is -2.19. The highest BCUT2D eigenvalue weighted by molar-refractivity contribution is 5.85. The van der Waals surface area contributed by atoms with Gasteiger partial charge in [-0.1, -0.05) is 6.92 Å². The summed E-state index contributed by atoms with van der Waals surface area (Å²) in [7, 11) is 1.99. The number of rotatable bonds is 8. The van der Waals surface area contributed by atoms with E-state index in [1.54, 1.807) is 6.33 Å². The third-order valence-electron chi connectivity index (χ3n) is 5.54. The monoisotopic (exact) mass is 384 g/mol. The van der Waals surface area contributed by atoms with E-state index in [0.29, 0.717) is 6.04 Å². The summed E-state index contributed by atoms with van der Waals surface area (Å²) in [6, 6.07) is 0.397. The number of likely N-dealkylation sites (tertiary alicyclic amines) is 1. The molecule has 0 aromatic carbocycles. The lowest BCUT2D eigenvalue weighted by Crippen LogP contribution is -2.27. The number of nitrogens with one attached hydrogen (secondary N) is 1. The Hall–Kier alpha value is -2.48. The first-order chi connectivity index (χ1) is 13.5. The smallest absolute Gasteiger partial charge is 0.165 e. The summed E-state index contributed by atoms with van der Waals surface area (Å²) in [4.78, 5) is 16.4. The van der Waals surface area contributed by atoms with Crippen LogP contribution in [0, 0.1) is 0 Å². The molecule has 2 aromatic rings. The van der Waals surface area contributed by atoms with Gasteiger partial charge in [-0.15, -0.1) is 0 Å². The molecule has 1 saturated heterocycles. The Balaban J connectivity index is 1.92. The predicted molar refractivity (Wildman–Crippen MR) is 115 cm³/mol.